The quantitative estimate of drug-likeness (QED) is 0.559. The van der Waals surface area contributed by atoms with Crippen LogP contribution in [0.5, 0.6) is 0 Å². The van der Waals surface area contributed by atoms with E-state index in [4.69, 9.17) is 4.52 Å². The van der Waals surface area contributed by atoms with Crippen LogP contribution in [0.25, 0.3) is 22.4 Å². The molecule has 0 aliphatic rings. The summed E-state index contributed by atoms with van der Waals surface area (Å²) in [5.41, 5.74) is 4.86. The molecule has 1 N–H and O–H groups in total. The molecular formula is C20H23N7O2. The maximum Gasteiger partial charge on any atom is 0.259 e. The van der Waals surface area contributed by atoms with Crippen LogP contribution in [0.2, 0.25) is 0 Å². The molecule has 4 aromatic rings. The van der Waals surface area contributed by atoms with Crippen molar-refractivity contribution in [1.82, 2.24) is 35.0 Å². The van der Waals surface area contributed by atoms with E-state index in [2.05, 4.69) is 25.7 Å². The number of nitrogens with one attached hydrogen (secondary N) is 1. The predicted molar refractivity (Wildman–Crippen MR) is 107 cm³/mol. The summed E-state index contributed by atoms with van der Waals surface area (Å²) < 4.78 is 8.93. The number of rotatable bonds is 5. The van der Waals surface area contributed by atoms with E-state index in [0.29, 0.717) is 34.6 Å². The van der Waals surface area contributed by atoms with Crippen molar-refractivity contribution in [2.45, 2.75) is 40.3 Å². The van der Waals surface area contributed by atoms with Gasteiger partial charge in [-0.05, 0) is 39.8 Å². The van der Waals surface area contributed by atoms with E-state index in [1.165, 1.54) is 0 Å². The minimum atomic E-state index is -0.206. The second kappa shape index (κ2) is 7.16. The average Bonchev–Trinajstić information content (AvgIpc) is 3.34. The third kappa shape index (κ3) is 3.63. The van der Waals surface area contributed by atoms with Crippen molar-refractivity contribution in [2.24, 2.45) is 7.05 Å². The van der Waals surface area contributed by atoms with Gasteiger partial charge in [-0.2, -0.15) is 10.2 Å². The van der Waals surface area contributed by atoms with Crippen molar-refractivity contribution in [2.75, 3.05) is 0 Å². The molecule has 0 bridgehead atoms. The Morgan fingerprint density at radius 2 is 2.07 bits per heavy atom. The van der Waals surface area contributed by atoms with Gasteiger partial charge in [-0.1, -0.05) is 5.16 Å². The number of fused-ring (bicyclic) bond motifs is 1. The van der Waals surface area contributed by atoms with E-state index in [0.717, 1.165) is 17.0 Å². The highest BCUT2D eigenvalue weighted by atomic mass is 16.5. The molecule has 0 spiro atoms. The number of aryl methyl sites for hydroxylation is 4. The molecular weight excluding hydrogens is 370 g/mol. The number of hydrogen-bond donors (Lipinski definition) is 1. The van der Waals surface area contributed by atoms with E-state index in [-0.39, 0.29) is 11.9 Å². The number of carbonyl (C=O) groups is 1. The smallest absolute Gasteiger partial charge is 0.259 e. The van der Waals surface area contributed by atoms with E-state index < -0.39 is 0 Å². The van der Waals surface area contributed by atoms with Gasteiger partial charge in [0.2, 0.25) is 0 Å². The van der Waals surface area contributed by atoms with Gasteiger partial charge in [0.05, 0.1) is 40.8 Å². The first-order valence-electron chi connectivity index (χ1n) is 9.40. The molecule has 150 valence electrons. The van der Waals surface area contributed by atoms with Gasteiger partial charge in [-0.25, -0.2) is 4.98 Å². The normalized spacial score (nSPS) is 12.4. The molecule has 0 saturated carbocycles. The number of carbonyl (C=O) groups excluding carboxylic acids is 1. The van der Waals surface area contributed by atoms with Crippen LogP contribution in [-0.4, -0.2) is 41.7 Å². The fourth-order valence-corrected chi connectivity index (χ4v) is 3.44. The third-order valence-electron chi connectivity index (χ3n) is 4.79. The van der Waals surface area contributed by atoms with Crippen molar-refractivity contribution in [3.05, 3.63) is 47.2 Å². The summed E-state index contributed by atoms with van der Waals surface area (Å²) in [6, 6.07) is 3.65. The summed E-state index contributed by atoms with van der Waals surface area (Å²) in [5, 5.41) is 16.3. The lowest BCUT2D eigenvalue weighted by Gasteiger charge is -2.16. The Morgan fingerprint density at radius 1 is 1.28 bits per heavy atom. The van der Waals surface area contributed by atoms with E-state index in [1.54, 1.807) is 23.9 Å². The first-order chi connectivity index (χ1) is 13.8. The van der Waals surface area contributed by atoms with Crippen LogP contribution in [0, 0.1) is 20.8 Å². The standard InChI is InChI=1S/C20H23N7O2/c1-11-6-13(3)27(24-11)9-12(2)22-19(28)16-7-17(15-8-21-26(5)10-15)23-20-18(16)14(4)25-29-20/h6-8,10,12H,9H2,1-5H3,(H,22,28)/t12-/m1/s1. The zero-order chi connectivity index (χ0) is 20.7. The van der Waals surface area contributed by atoms with Crippen LogP contribution in [0.1, 0.15) is 34.4 Å². The van der Waals surface area contributed by atoms with Crippen molar-refractivity contribution < 1.29 is 9.32 Å². The molecule has 9 nitrogen and oxygen atoms in total. The maximum atomic E-state index is 13.1. The van der Waals surface area contributed by atoms with Gasteiger partial charge in [-0.3, -0.25) is 14.2 Å². The topological polar surface area (TPSA) is 104 Å². The molecule has 29 heavy (non-hydrogen) atoms. The number of aromatic nitrogens is 6. The third-order valence-corrected chi connectivity index (χ3v) is 4.79. The summed E-state index contributed by atoms with van der Waals surface area (Å²) in [6.45, 7) is 8.29. The molecule has 4 aromatic heterocycles. The molecule has 1 amide bonds. The lowest BCUT2D eigenvalue weighted by molar-refractivity contribution is 0.0937. The van der Waals surface area contributed by atoms with Crippen LogP contribution in [0.15, 0.2) is 29.0 Å². The summed E-state index contributed by atoms with van der Waals surface area (Å²) in [6.07, 6.45) is 3.54. The van der Waals surface area contributed by atoms with Crippen LogP contribution in [0.3, 0.4) is 0 Å². The van der Waals surface area contributed by atoms with Gasteiger partial charge in [-0.15, -0.1) is 0 Å². The molecule has 1 atom stereocenters. The Labute approximate surface area is 167 Å². The number of nitrogens with zero attached hydrogens (tertiary/aromatic N) is 6. The van der Waals surface area contributed by atoms with E-state index >= 15 is 0 Å². The van der Waals surface area contributed by atoms with Crippen molar-refractivity contribution in [3.63, 3.8) is 0 Å². The summed E-state index contributed by atoms with van der Waals surface area (Å²) >= 11 is 0. The van der Waals surface area contributed by atoms with Crippen molar-refractivity contribution in [1.29, 1.82) is 0 Å². The number of pyridine rings is 1. The molecule has 0 fully saturated rings. The van der Waals surface area contributed by atoms with Crippen LogP contribution < -0.4 is 5.32 Å². The molecule has 9 heteroatoms. The van der Waals surface area contributed by atoms with Gasteiger partial charge >= 0.3 is 0 Å². The molecule has 0 saturated heterocycles. The lowest BCUT2D eigenvalue weighted by Crippen LogP contribution is -2.36. The minimum Gasteiger partial charge on any atom is -0.348 e. The Morgan fingerprint density at radius 3 is 2.72 bits per heavy atom. The number of hydrogen-bond acceptors (Lipinski definition) is 6. The Kier molecular flexibility index (Phi) is 4.65. The average molecular weight is 393 g/mol. The second-order valence-corrected chi connectivity index (χ2v) is 7.39. The highest BCUT2D eigenvalue weighted by Gasteiger charge is 2.21. The van der Waals surface area contributed by atoms with Crippen LogP contribution in [-0.2, 0) is 13.6 Å². The monoisotopic (exact) mass is 393 g/mol. The molecule has 0 radical (unpaired) electrons. The molecule has 0 aliphatic carbocycles. The van der Waals surface area contributed by atoms with Crippen LogP contribution in [0.4, 0.5) is 0 Å². The van der Waals surface area contributed by atoms with Crippen LogP contribution >= 0.6 is 0 Å². The Bertz CT molecular complexity index is 1200. The first-order valence-corrected chi connectivity index (χ1v) is 9.40. The summed E-state index contributed by atoms with van der Waals surface area (Å²) in [7, 11) is 1.83. The highest BCUT2D eigenvalue weighted by molar-refractivity contribution is 6.07. The first kappa shape index (κ1) is 18.9. The van der Waals surface area contributed by atoms with Gasteiger partial charge in [0.15, 0.2) is 0 Å². The zero-order valence-corrected chi connectivity index (χ0v) is 17.1. The van der Waals surface area contributed by atoms with Gasteiger partial charge in [0, 0.05) is 30.5 Å². The molecule has 4 heterocycles. The second-order valence-electron chi connectivity index (χ2n) is 7.39. The summed E-state index contributed by atoms with van der Waals surface area (Å²) in [4.78, 5) is 17.6. The van der Waals surface area contributed by atoms with Crippen molar-refractivity contribution >= 4 is 17.0 Å². The maximum absolute atomic E-state index is 13.1. The van der Waals surface area contributed by atoms with Gasteiger partial charge in [0.1, 0.15) is 0 Å². The molecule has 0 aromatic carbocycles. The fourth-order valence-electron chi connectivity index (χ4n) is 3.44. The fraction of sp³-hybridized carbons (Fsp3) is 0.350. The van der Waals surface area contributed by atoms with Gasteiger partial charge in [0.25, 0.3) is 11.6 Å². The highest BCUT2D eigenvalue weighted by Crippen LogP contribution is 2.26. The Hall–Kier alpha value is -3.49. The zero-order valence-electron chi connectivity index (χ0n) is 17.1. The molecule has 0 aliphatic heterocycles. The van der Waals surface area contributed by atoms with E-state index in [9.17, 15) is 4.79 Å². The largest absolute Gasteiger partial charge is 0.348 e. The summed E-state index contributed by atoms with van der Waals surface area (Å²) in [5.74, 6) is -0.206. The minimum absolute atomic E-state index is 0.120. The van der Waals surface area contributed by atoms with E-state index in [1.807, 2.05) is 44.8 Å². The lowest BCUT2D eigenvalue weighted by atomic mass is 10.1. The van der Waals surface area contributed by atoms with Gasteiger partial charge < -0.3 is 9.84 Å². The predicted octanol–water partition coefficient (Wildman–Crippen LogP) is 2.56. The number of amides is 1. The van der Waals surface area contributed by atoms with Crippen molar-refractivity contribution in [3.8, 4) is 11.3 Å². The molecule has 0 unspecified atom stereocenters. The SMILES string of the molecule is Cc1cc(C)n(C[C@@H](C)NC(=O)c2cc(-c3cnn(C)c3)nc3onc(C)c23)n1. The Balaban J connectivity index is 1.65. The molecule has 4 rings (SSSR count).